The van der Waals surface area contributed by atoms with E-state index < -0.39 is 0 Å². The highest BCUT2D eigenvalue weighted by Gasteiger charge is 2.32. The molecule has 0 radical (unpaired) electrons. The van der Waals surface area contributed by atoms with Gasteiger partial charge in [0, 0.05) is 13.1 Å². The molecule has 1 heterocycles. The third-order valence-electron chi connectivity index (χ3n) is 3.24. The lowest BCUT2D eigenvalue weighted by molar-refractivity contribution is 0.239. The Morgan fingerprint density at radius 2 is 2.35 bits per heavy atom. The summed E-state index contributed by atoms with van der Waals surface area (Å²) in [7, 11) is 0. The molecule has 94 valence electrons. The summed E-state index contributed by atoms with van der Waals surface area (Å²) < 4.78 is 1.91. The number of amides is 2. The van der Waals surface area contributed by atoms with Gasteiger partial charge in [0.25, 0.3) is 0 Å². The Kier molecular flexibility index (Phi) is 3.61. The van der Waals surface area contributed by atoms with Crippen molar-refractivity contribution in [2.24, 2.45) is 11.8 Å². The van der Waals surface area contributed by atoms with E-state index in [0.29, 0.717) is 12.5 Å². The van der Waals surface area contributed by atoms with Crippen LogP contribution in [0.25, 0.3) is 0 Å². The SMILES string of the molecule is CCn1cnnc1CNC(=O)NC[C@H]1C[C@H]1C. The van der Waals surface area contributed by atoms with Gasteiger partial charge in [-0.15, -0.1) is 10.2 Å². The highest BCUT2D eigenvalue weighted by atomic mass is 16.2. The van der Waals surface area contributed by atoms with Crippen molar-refractivity contribution >= 4 is 6.03 Å². The molecule has 1 saturated carbocycles. The van der Waals surface area contributed by atoms with Gasteiger partial charge in [-0.05, 0) is 25.2 Å². The van der Waals surface area contributed by atoms with E-state index in [1.165, 1.54) is 6.42 Å². The molecular formula is C11H19N5O. The average Bonchev–Trinajstić information content (AvgIpc) is 2.86. The molecule has 0 aromatic carbocycles. The van der Waals surface area contributed by atoms with E-state index in [4.69, 9.17) is 0 Å². The molecule has 0 spiro atoms. The molecule has 1 aromatic heterocycles. The number of aromatic nitrogens is 3. The maximum Gasteiger partial charge on any atom is 0.315 e. The van der Waals surface area contributed by atoms with Crippen LogP contribution in [0.2, 0.25) is 0 Å². The lowest BCUT2D eigenvalue weighted by Crippen LogP contribution is -2.36. The van der Waals surface area contributed by atoms with Gasteiger partial charge in [0.05, 0.1) is 6.54 Å². The zero-order valence-corrected chi connectivity index (χ0v) is 10.3. The lowest BCUT2D eigenvalue weighted by atomic mass is 10.3. The minimum atomic E-state index is -0.130. The van der Waals surface area contributed by atoms with Gasteiger partial charge in [0.15, 0.2) is 5.82 Å². The fraction of sp³-hybridized carbons (Fsp3) is 0.727. The molecule has 0 bridgehead atoms. The number of carbonyl (C=O) groups is 1. The minimum Gasteiger partial charge on any atom is -0.338 e. The van der Waals surface area contributed by atoms with E-state index in [2.05, 4.69) is 27.8 Å². The van der Waals surface area contributed by atoms with Gasteiger partial charge >= 0.3 is 6.03 Å². The van der Waals surface area contributed by atoms with Crippen LogP contribution in [0.3, 0.4) is 0 Å². The predicted molar refractivity (Wildman–Crippen MR) is 63.2 cm³/mol. The number of rotatable bonds is 5. The zero-order valence-electron chi connectivity index (χ0n) is 10.3. The second-order valence-corrected chi connectivity index (χ2v) is 4.57. The van der Waals surface area contributed by atoms with Crippen molar-refractivity contribution in [3.8, 4) is 0 Å². The van der Waals surface area contributed by atoms with Crippen LogP contribution in [0.1, 0.15) is 26.1 Å². The maximum absolute atomic E-state index is 11.5. The fourth-order valence-corrected chi connectivity index (χ4v) is 1.81. The average molecular weight is 237 g/mol. The Hall–Kier alpha value is -1.59. The van der Waals surface area contributed by atoms with Crippen molar-refractivity contribution in [3.05, 3.63) is 12.2 Å². The maximum atomic E-state index is 11.5. The van der Waals surface area contributed by atoms with E-state index in [9.17, 15) is 4.79 Å². The molecule has 17 heavy (non-hydrogen) atoms. The molecule has 0 unspecified atom stereocenters. The first kappa shape index (κ1) is 11.9. The van der Waals surface area contributed by atoms with Crippen LogP contribution in [-0.2, 0) is 13.1 Å². The van der Waals surface area contributed by atoms with E-state index >= 15 is 0 Å². The third-order valence-corrected chi connectivity index (χ3v) is 3.24. The first-order valence-electron chi connectivity index (χ1n) is 6.09. The van der Waals surface area contributed by atoms with Gasteiger partial charge in [-0.2, -0.15) is 0 Å². The van der Waals surface area contributed by atoms with Gasteiger partial charge in [0.1, 0.15) is 6.33 Å². The normalized spacial score (nSPS) is 22.2. The molecule has 2 N–H and O–H groups in total. The Balaban J connectivity index is 1.68. The summed E-state index contributed by atoms with van der Waals surface area (Å²) in [5.41, 5.74) is 0. The largest absolute Gasteiger partial charge is 0.338 e. The summed E-state index contributed by atoms with van der Waals surface area (Å²) in [5, 5.41) is 13.4. The van der Waals surface area contributed by atoms with Crippen molar-refractivity contribution < 1.29 is 4.79 Å². The molecule has 6 heteroatoms. The summed E-state index contributed by atoms with van der Waals surface area (Å²) >= 11 is 0. The van der Waals surface area contributed by atoms with Gasteiger partial charge < -0.3 is 15.2 Å². The van der Waals surface area contributed by atoms with E-state index in [-0.39, 0.29) is 6.03 Å². The standard InChI is InChI=1S/C11H19N5O/c1-3-16-7-14-15-10(16)6-13-11(17)12-5-9-4-8(9)2/h7-9H,3-6H2,1-2H3,(H2,12,13,17)/t8-,9-/m1/s1. The van der Waals surface area contributed by atoms with Crippen molar-refractivity contribution in [2.45, 2.75) is 33.4 Å². The zero-order chi connectivity index (χ0) is 12.3. The fourth-order valence-electron chi connectivity index (χ4n) is 1.81. The molecular weight excluding hydrogens is 218 g/mol. The third kappa shape index (κ3) is 3.18. The van der Waals surface area contributed by atoms with E-state index in [1.54, 1.807) is 6.33 Å². The van der Waals surface area contributed by atoms with Crippen LogP contribution < -0.4 is 10.6 Å². The molecule has 2 amide bonds. The van der Waals surface area contributed by atoms with Crippen LogP contribution >= 0.6 is 0 Å². The number of hydrogen-bond donors (Lipinski definition) is 2. The van der Waals surface area contributed by atoms with Crippen molar-refractivity contribution in [3.63, 3.8) is 0 Å². The van der Waals surface area contributed by atoms with Crippen LogP contribution in [-0.4, -0.2) is 27.3 Å². The highest BCUT2D eigenvalue weighted by molar-refractivity contribution is 5.73. The number of aryl methyl sites for hydroxylation is 1. The topological polar surface area (TPSA) is 71.8 Å². The number of carbonyl (C=O) groups excluding carboxylic acids is 1. The number of urea groups is 1. The summed E-state index contributed by atoms with van der Waals surface area (Å²) in [6.45, 7) is 6.22. The summed E-state index contributed by atoms with van der Waals surface area (Å²) in [6, 6.07) is -0.130. The van der Waals surface area contributed by atoms with Gasteiger partial charge in [-0.25, -0.2) is 4.79 Å². The van der Waals surface area contributed by atoms with Crippen molar-refractivity contribution in [1.29, 1.82) is 0 Å². The van der Waals surface area contributed by atoms with Crippen LogP contribution in [0, 0.1) is 11.8 Å². The van der Waals surface area contributed by atoms with Gasteiger partial charge in [-0.1, -0.05) is 6.92 Å². The first-order valence-corrected chi connectivity index (χ1v) is 6.09. The van der Waals surface area contributed by atoms with Crippen molar-refractivity contribution in [2.75, 3.05) is 6.54 Å². The molecule has 0 saturated heterocycles. The quantitative estimate of drug-likeness (QED) is 0.794. The smallest absolute Gasteiger partial charge is 0.315 e. The molecule has 2 atom stereocenters. The van der Waals surface area contributed by atoms with Crippen molar-refractivity contribution in [1.82, 2.24) is 25.4 Å². The number of nitrogens with one attached hydrogen (secondary N) is 2. The molecule has 0 aliphatic heterocycles. The highest BCUT2D eigenvalue weighted by Crippen LogP contribution is 2.36. The first-order chi connectivity index (χ1) is 8.20. The Bertz CT molecular complexity index is 389. The Morgan fingerprint density at radius 1 is 1.59 bits per heavy atom. The summed E-state index contributed by atoms with van der Waals surface area (Å²) in [5.74, 6) is 2.21. The monoisotopic (exact) mass is 237 g/mol. The van der Waals surface area contributed by atoms with Crippen LogP contribution in [0.5, 0.6) is 0 Å². The number of hydrogen-bond acceptors (Lipinski definition) is 3. The van der Waals surface area contributed by atoms with E-state index in [0.717, 1.165) is 24.8 Å². The lowest BCUT2D eigenvalue weighted by Gasteiger charge is -2.07. The van der Waals surface area contributed by atoms with Gasteiger partial charge in [-0.3, -0.25) is 0 Å². The number of nitrogens with zero attached hydrogens (tertiary/aromatic N) is 3. The second-order valence-electron chi connectivity index (χ2n) is 4.57. The van der Waals surface area contributed by atoms with Crippen LogP contribution in [0.4, 0.5) is 4.79 Å². The summed E-state index contributed by atoms with van der Waals surface area (Å²) in [6.07, 6.45) is 2.89. The molecule has 1 aliphatic rings. The molecule has 1 fully saturated rings. The Morgan fingerprint density at radius 3 is 3.00 bits per heavy atom. The van der Waals surface area contributed by atoms with E-state index in [1.807, 2.05) is 11.5 Å². The molecule has 6 nitrogen and oxygen atoms in total. The Labute approximate surface area is 101 Å². The molecule has 1 aromatic rings. The molecule has 1 aliphatic carbocycles. The summed E-state index contributed by atoms with van der Waals surface area (Å²) in [4.78, 5) is 11.5. The van der Waals surface area contributed by atoms with Gasteiger partial charge in [0.2, 0.25) is 0 Å². The molecule has 2 rings (SSSR count). The second kappa shape index (κ2) is 5.16. The van der Waals surface area contributed by atoms with Crippen LogP contribution in [0.15, 0.2) is 6.33 Å². The predicted octanol–water partition coefficient (Wildman–Crippen LogP) is 0.753. The minimum absolute atomic E-state index is 0.130.